The van der Waals surface area contributed by atoms with E-state index in [-0.39, 0.29) is 36.3 Å². The number of rotatable bonds is 6. The van der Waals surface area contributed by atoms with E-state index in [1.165, 1.54) is 23.1 Å². The smallest absolute Gasteiger partial charge is 0.325 e. The van der Waals surface area contributed by atoms with Gasteiger partial charge in [0.05, 0.1) is 4.92 Å². The van der Waals surface area contributed by atoms with Crippen molar-refractivity contribution in [2.45, 2.75) is 44.6 Å². The first-order valence-electron chi connectivity index (χ1n) is 9.01. The number of amides is 4. The molecule has 144 valence electrons. The molecule has 4 amide bonds. The molecule has 27 heavy (non-hydrogen) atoms. The Hall–Kier alpha value is -2.97. The fraction of sp³-hybridized carbons (Fsp3) is 0.500. The minimum atomic E-state index is -0.721. The van der Waals surface area contributed by atoms with Crippen molar-refractivity contribution < 1.29 is 19.3 Å². The van der Waals surface area contributed by atoms with Crippen molar-refractivity contribution in [3.05, 3.63) is 39.4 Å². The summed E-state index contributed by atoms with van der Waals surface area (Å²) in [6.45, 7) is 2.08. The van der Waals surface area contributed by atoms with Gasteiger partial charge in [0.1, 0.15) is 5.54 Å². The molecule has 3 rings (SSSR count). The Morgan fingerprint density at radius 3 is 2.70 bits per heavy atom. The van der Waals surface area contributed by atoms with Gasteiger partial charge in [0, 0.05) is 30.3 Å². The molecule has 1 saturated heterocycles. The van der Waals surface area contributed by atoms with Crippen molar-refractivity contribution in [2.75, 3.05) is 13.1 Å². The molecule has 1 heterocycles. The number of hydrogen-bond donors (Lipinski definition) is 2. The summed E-state index contributed by atoms with van der Waals surface area (Å²) in [6, 6.07) is 3.93. The number of nitrogens with one attached hydrogen (secondary N) is 2. The van der Waals surface area contributed by atoms with E-state index in [2.05, 4.69) is 10.6 Å². The molecule has 0 aromatic heterocycles. The fourth-order valence-corrected chi connectivity index (χ4v) is 3.69. The molecular formula is C18H22N4O5. The molecule has 1 saturated carbocycles. The van der Waals surface area contributed by atoms with E-state index in [9.17, 15) is 24.5 Å². The number of carbonyl (C=O) groups excluding carboxylic acids is 3. The van der Waals surface area contributed by atoms with E-state index in [1.54, 1.807) is 6.92 Å². The summed E-state index contributed by atoms with van der Waals surface area (Å²) in [4.78, 5) is 48.4. The highest BCUT2D eigenvalue weighted by Crippen LogP contribution is 2.34. The van der Waals surface area contributed by atoms with E-state index in [1.807, 2.05) is 0 Å². The van der Waals surface area contributed by atoms with Crippen LogP contribution in [-0.4, -0.2) is 46.3 Å². The van der Waals surface area contributed by atoms with E-state index in [0.717, 1.165) is 12.8 Å². The summed E-state index contributed by atoms with van der Waals surface area (Å²) in [5, 5.41) is 16.5. The summed E-state index contributed by atoms with van der Waals surface area (Å²) in [5.41, 5.74) is -0.145. The molecule has 0 bridgehead atoms. The molecule has 9 nitrogen and oxygen atoms in total. The fourth-order valence-electron chi connectivity index (χ4n) is 3.69. The number of nitro benzene ring substituents is 1. The van der Waals surface area contributed by atoms with Gasteiger partial charge in [-0.25, -0.2) is 4.79 Å². The quantitative estimate of drug-likeness (QED) is 0.341. The van der Waals surface area contributed by atoms with Crippen LogP contribution in [0.3, 0.4) is 0 Å². The third kappa shape index (κ3) is 3.62. The Kier molecular flexibility index (Phi) is 5.11. The van der Waals surface area contributed by atoms with E-state index < -0.39 is 16.4 Å². The highest BCUT2D eigenvalue weighted by atomic mass is 16.6. The number of imide groups is 1. The maximum absolute atomic E-state index is 12.5. The van der Waals surface area contributed by atoms with Crippen LogP contribution in [0.4, 0.5) is 10.5 Å². The van der Waals surface area contributed by atoms with Crippen LogP contribution in [0.2, 0.25) is 0 Å². The zero-order valence-electron chi connectivity index (χ0n) is 15.1. The maximum Gasteiger partial charge on any atom is 0.325 e. The minimum absolute atomic E-state index is 0.108. The third-order valence-corrected chi connectivity index (χ3v) is 5.22. The second-order valence-electron chi connectivity index (χ2n) is 7.04. The highest BCUT2D eigenvalue weighted by Gasteiger charge is 2.51. The van der Waals surface area contributed by atoms with Crippen molar-refractivity contribution in [1.82, 2.24) is 15.5 Å². The molecule has 2 fully saturated rings. The molecule has 1 aromatic carbocycles. The van der Waals surface area contributed by atoms with Crippen molar-refractivity contribution in [2.24, 2.45) is 0 Å². The highest BCUT2D eigenvalue weighted by molar-refractivity contribution is 6.07. The van der Waals surface area contributed by atoms with Crippen LogP contribution in [0.5, 0.6) is 0 Å². The summed E-state index contributed by atoms with van der Waals surface area (Å²) < 4.78 is 0. The van der Waals surface area contributed by atoms with Gasteiger partial charge in [0.2, 0.25) is 0 Å². The monoisotopic (exact) mass is 374 g/mol. The topological polar surface area (TPSA) is 122 Å². The lowest BCUT2D eigenvalue weighted by atomic mass is 9.98. The van der Waals surface area contributed by atoms with E-state index in [0.29, 0.717) is 24.8 Å². The Balaban J connectivity index is 1.51. The second-order valence-corrected chi connectivity index (χ2v) is 7.04. The Labute approximate surface area is 156 Å². The van der Waals surface area contributed by atoms with Crippen molar-refractivity contribution >= 4 is 23.5 Å². The summed E-state index contributed by atoms with van der Waals surface area (Å²) in [5.74, 6) is -0.604. The first-order chi connectivity index (χ1) is 12.8. The SMILES string of the molecule is Cc1ccc(C(=O)NCCCN2C(=O)NC3(CCCC3)C2=O)cc1[N+](=O)[O-]. The van der Waals surface area contributed by atoms with Crippen LogP contribution < -0.4 is 10.6 Å². The number of urea groups is 1. The molecule has 9 heteroatoms. The number of nitro groups is 1. The number of carbonyl (C=O) groups is 3. The summed E-state index contributed by atoms with van der Waals surface area (Å²) in [7, 11) is 0. The van der Waals surface area contributed by atoms with Crippen LogP contribution in [0, 0.1) is 17.0 Å². The lowest BCUT2D eigenvalue weighted by Gasteiger charge is -2.20. The molecule has 1 aliphatic heterocycles. The van der Waals surface area contributed by atoms with E-state index in [4.69, 9.17) is 0 Å². The lowest BCUT2D eigenvalue weighted by Crippen LogP contribution is -2.44. The lowest BCUT2D eigenvalue weighted by molar-refractivity contribution is -0.385. The van der Waals surface area contributed by atoms with Crippen LogP contribution in [0.15, 0.2) is 18.2 Å². The molecular weight excluding hydrogens is 352 g/mol. The normalized spacial score (nSPS) is 18.0. The van der Waals surface area contributed by atoms with Gasteiger partial charge in [-0.2, -0.15) is 0 Å². The van der Waals surface area contributed by atoms with Gasteiger partial charge in [-0.1, -0.05) is 18.9 Å². The molecule has 0 unspecified atom stereocenters. The van der Waals surface area contributed by atoms with Gasteiger partial charge in [-0.3, -0.25) is 24.6 Å². The molecule has 2 aliphatic rings. The van der Waals surface area contributed by atoms with Crippen molar-refractivity contribution in [3.8, 4) is 0 Å². The number of benzene rings is 1. The third-order valence-electron chi connectivity index (χ3n) is 5.22. The Bertz CT molecular complexity index is 801. The van der Waals surface area contributed by atoms with Gasteiger partial charge in [-0.05, 0) is 32.3 Å². The largest absolute Gasteiger partial charge is 0.352 e. The number of nitrogens with zero attached hydrogens (tertiary/aromatic N) is 2. The van der Waals surface area contributed by atoms with Gasteiger partial charge in [-0.15, -0.1) is 0 Å². The van der Waals surface area contributed by atoms with Gasteiger partial charge in [0.15, 0.2) is 0 Å². The van der Waals surface area contributed by atoms with Crippen LogP contribution in [-0.2, 0) is 4.79 Å². The van der Waals surface area contributed by atoms with E-state index >= 15 is 0 Å². The molecule has 0 atom stereocenters. The Morgan fingerprint density at radius 2 is 2.04 bits per heavy atom. The van der Waals surface area contributed by atoms with Crippen molar-refractivity contribution in [3.63, 3.8) is 0 Å². The zero-order valence-corrected chi connectivity index (χ0v) is 15.1. The van der Waals surface area contributed by atoms with Crippen LogP contribution in [0.25, 0.3) is 0 Å². The van der Waals surface area contributed by atoms with Crippen LogP contribution in [0.1, 0.15) is 48.0 Å². The predicted octanol–water partition coefficient (Wildman–Crippen LogP) is 1.89. The van der Waals surface area contributed by atoms with Gasteiger partial charge < -0.3 is 10.6 Å². The number of hydrogen-bond acceptors (Lipinski definition) is 5. The average molecular weight is 374 g/mol. The zero-order chi connectivity index (χ0) is 19.6. The second kappa shape index (κ2) is 7.34. The summed E-state index contributed by atoms with van der Waals surface area (Å²) >= 11 is 0. The molecule has 0 radical (unpaired) electrons. The number of aryl methyl sites for hydroxylation is 1. The van der Waals surface area contributed by atoms with Gasteiger partial charge >= 0.3 is 6.03 Å². The first kappa shape index (κ1) is 18.8. The average Bonchev–Trinajstić information content (AvgIpc) is 3.18. The van der Waals surface area contributed by atoms with Crippen LogP contribution >= 0.6 is 0 Å². The molecule has 1 aromatic rings. The first-order valence-corrected chi connectivity index (χ1v) is 9.01. The molecule has 1 aliphatic carbocycles. The maximum atomic E-state index is 12.5. The molecule has 2 N–H and O–H groups in total. The predicted molar refractivity (Wildman–Crippen MR) is 96.2 cm³/mol. The van der Waals surface area contributed by atoms with Gasteiger partial charge in [0.25, 0.3) is 17.5 Å². The van der Waals surface area contributed by atoms with Crippen molar-refractivity contribution in [1.29, 1.82) is 0 Å². The summed E-state index contributed by atoms with van der Waals surface area (Å²) in [6.07, 6.45) is 3.63. The standard InChI is InChI=1S/C18H22N4O5/c1-12-5-6-13(11-14(12)22(26)27)15(23)19-9-4-10-21-16(24)18(20-17(21)25)7-2-3-8-18/h5-6,11H,2-4,7-10H2,1H3,(H,19,23)(H,20,25). The minimum Gasteiger partial charge on any atom is -0.352 e. The molecule has 1 spiro atoms. The Morgan fingerprint density at radius 1 is 1.33 bits per heavy atom.